The Hall–Kier alpha value is -4.26. The third-order valence-corrected chi connectivity index (χ3v) is 8.29. The van der Waals surface area contributed by atoms with Gasteiger partial charge in [0.05, 0.1) is 11.4 Å². The van der Waals surface area contributed by atoms with Crippen LogP contribution < -0.4 is 52.9 Å². The summed E-state index contributed by atoms with van der Waals surface area (Å²) in [7, 11) is 4.21. The Morgan fingerprint density at radius 3 is 0.978 bits per heavy atom. The van der Waals surface area contributed by atoms with Crippen LogP contribution in [-0.4, -0.2) is 14.1 Å². The number of halogens is 2. The maximum Gasteiger partial charge on any atom is 0.173 e. The van der Waals surface area contributed by atoms with E-state index in [0.717, 1.165) is 25.9 Å². The van der Waals surface area contributed by atoms with Gasteiger partial charge in [-0.15, -0.1) is 0 Å². The van der Waals surface area contributed by atoms with Crippen molar-refractivity contribution in [1.29, 1.82) is 0 Å². The first kappa shape index (κ1) is 34.6. The van der Waals surface area contributed by atoms with Gasteiger partial charge in [-0.25, -0.2) is 9.13 Å². The van der Waals surface area contributed by atoms with E-state index in [1.807, 2.05) is 12.1 Å². The van der Waals surface area contributed by atoms with E-state index in [0.29, 0.717) is 0 Å². The number of pyridine rings is 2. The van der Waals surface area contributed by atoms with Crippen LogP contribution in [-0.2, 0) is 25.9 Å². The molecule has 0 aliphatic rings. The number of anilines is 4. The Bertz CT molecular complexity index is 1610. The van der Waals surface area contributed by atoms with Crippen LogP contribution in [0.1, 0.15) is 22.3 Å². The fraction of sp³-hybridized carbons (Fsp3) is 0.150. The lowest BCUT2D eigenvalue weighted by atomic mass is 10.0. The summed E-state index contributed by atoms with van der Waals surface area (Å²) < 4.78 is 4.46. The highest BCUT2D eigenvalue weighted by Gasteiger charge is 2.09. The van der Waals surface area contributed by atoms with Crippen LogP contribution in [0.15, 0.2) is 158 Å². The fourth-order valence-electron chi connectivity index (χ4n) is 5.49. The molecule has 0 saturated heterocycles. The Labute approximate surface area is 294 Å². The quantitative estimate of drug-likeness (QED) is 0.188. The predicted octanol–water partition coefficient (Wildman–Crippen LogP) is 1.69. The summed E-state index contributed by atoms with van der Waals surface area (Å²) in [4.78, 5) is 4.41. The van der Waals surface area contributed by atoms with Crippen LogP contribution in [0, 0.1) is 0 Å². The Morgan fingerprint density at radius 2 is 0.652 bits per heavy atom. The minimum atomic E-state index is 0. The number of aryl methyl sites for hydroxylation is 2. The molecule has 6 aromatic rings. The SMILES string of the molecule is CN(c1ccccc1)c1cc[n+](Cc2ccc(CCc3ccc(C[n+]4ccc(N(C)c5ccccc5)cc4)cc3)cc2)cc1.[Br-].[Br-]. The molecule has 4 nitrogen and oxygen atoms in total. The third-order valence-electron chi connectivity index (χ3n) is 8.29. The van der Waals surface area contributed by atoms with Gasteiger partial charge in [0.1, 0.15) is 0 Å². The summed E-state index contributed by atoms with van der Waals surface area (Å²) in [5.74, 6) is 0. The molecule has 0 amide bonds. The van der Waals surface area contributed by atoms with Gasteiger partial charge in [-0.2, -0.15) is 0 Å². The summed E-state index contributed by atoms with van der Waals surface area (Å²) in [6.07, 6.45) is 10.7. The van der Waals surface area contributed by atoms with Crippen LogP contribution >= 0.6 is 0 Å². The third kappa shape index (κ3) is 9.15. The van der Waals surface area contributed by atoms with Crippen LogP contribution in [0.25, 0.3) is 0 Å². The monoisotopic (exact) mass is 734 g/mol. The summed E-state index contributed by atoms with van der Waals surface area (Å²) in [6.45, 7) is 1.73. The number of hydrogen-bond acceptors (Lipinski definition) is 2. The average molecular weight is 737 g/mol. The maximum atomic E-state index is 2.28. The van der Waals surface area contributed by atoms with E-state index >= 15 is 0 Å². The Kier molecular flexibility index (Phi) is 12.7. The lowest BCUT2D eigenvalue weighted by molar-refractivity contribution is -0.688. The van der Waals surface area contributed by atoms with Crippen LogP contribution in [0.4, 0.5) is 22.7 Å². The normalized spacial score (nSPS) is 10.4. The summed E-state index contributed by atoms with van der Waals surface area (Å²) in [6, 6.07) is 47.7. The highest BCUT2D eigenvalue weighted by molar-refractivity contribution is 5.62. The topological polar surface area (TPSA) is 14.2 Å². The van der Waals surface area contributed by atoms with Gasteiger partial charge < -0.3 is 43.8 Å². The highest BCUT2D eigenvalue weighted by Crippen LogP contribution is 2.23. The molecule has 0 radical (unpaired) electrons. The van der Waals surface area contributed by atoms with E-state index in [-0.39, 0.29) is 34.0 Å². The summed E-state index contributed by atoms with van der Waals surface area (Å²) in [5, 5.41) is 0. The van der Waals surface area contributed by atoms with Gasteiger partial charge in [-0.05, 0) is 48.2 Å². The van der Waals surface area contributed by atoms with E-state index < -0.39 is 0 Å². The zero-order valence-corrected chi connectivity index (χ0v) is 29.6. The van der Waals surface area contributed by atoms with Gasteiger partial charge >= 0.3 is 0 Å². The molecule has 0 atom stereocenters. The van der Waals surface area contributed by atoms with Crippen LogP contribution in [0.3, 0.4) is 0 Å². The van der Waals surface area contributed by atoms with Crippen molar-refractivity contribution in [2.24, 2.45) is 0 Å². The standard InChI is InChI=1S/C40H40N4.2BrH/c1-41(37-9-5-3-6-10-37)39-23-27-43(28-24-39)31-35-19-15-33(16-20-35)13-14-34-17-21-36(22-18-34)32-44-29-25-40(26-30-44)42(2)38-11-7-4-8-12-38;;/h3-12,15-30H,13-14,31-32H2,1-2H3;2*1H/q+2;;/p-2. The molecular formula is C40H40Br2N4. The molecule has 2 heterocycles. The largest absolute Gasteiger partial charge is 1.00 e. The van der Waals surface area contributed by atoms with Gasteiger partial charge in [0, 0.05) is 60.9 Å². The van der Waals surface area contributed by atoms with Gasteiger partial charge in [0.15, 0.2) is 37.9 Å². The molecule has 2 aromatic heterocycles. The second kappa shape index (κ2) is 16.9. The molecule has 0 N–H and O–H groups in total. The van der Waals surface area contributed by atoms with Gasteiger partial charge in [0.25, 0.3) is 0 Å². The number of para-hydroxylation sites is 2. The molecule has 0 fully saturated rings. The molecule has 0 aliphatic carbocycles. The van der Waals surface area contributed by atoms with Crippen molar-refractivity contribution in [2.45, 2.75) is 25.9 Å². The van der Waals surface area contributed by atoms with E-state index in [4.69, 9.17) is 0 Å². The number of benzene rings is 4. The van der Waals surface area contributed by atoms with Gasteiger partial charge in [-0.3, -0.25) is 0 Å². The Morgan fingerprint density at radius 1 is 0.370 bits per heavy atom. The van der Waals surface area contributed by atoms with Crippen LogP contribution in [0.2, 0.25) is 0 Å². The van der Waals surface area contributed by atoms with Crippen molar-refractivity contribution in [3.63, 3.8) is 0 Å². The first-order valence-electron chi connectivity index (χ1n) is 15.3. The number of aromatic nitrogens is 2. The van der Waals surface area contributed by atoms with Gasteiger partial charge in [0.2, 0.25) is 0 Å². The molecule has 0 unspecified atom stereocenters. The molecule has 0 bridgehead atoms. The minimum Gasteiger partial charge on any atom is -1.00 e. The fourth-order valence-corrected chi connectivity index (χ4v) is 5.49. The van der Waals surface area contributed by atoms with Crippen molar-refractivity contribution in [1.82, 2.24) is 0 Å². The molecule has 6 heteroatoms. The van der Waals surface area contributed by atoms with Crippen molar-refractivity contribution < 1.29 is 43.1 Å². The van der Waals surface area contributed by atoms with Crippen molar-refractivity contribution in [3.05, 3.63) is 181 Å². The van der Waals surface area contributed by atoms with Crippen molar-refractivity contribution >= 4 is 22.7 Å². The molecule has 6 rings (SSSR count). The van der Waals surface area contributed by atoms with E-state index in [1.54, 1.807) is 0 Å². The smallest absolute Gasteiger partial charge is 0.173 e. The molecule has 0 aliphatic heterocycles. The first-order valence-corrected chi connectivity index (χ1v) is 15.3. The Balaban J connectivity index is 0.00000240. The second-order valence-electron chi connectivity index (χ2n) is 11.4. The average Bonchev–Trinajstić information content (AvgIpc) is 3.09. The molecule has 234 valence electrons. The van der Waals surface area contributed by atoms with Crippen molar-refractivity contribution in [2.75, 3.05) is 23.9 Å². The zero-order valence-electron chi connectivity index (χ0n) is 26.4. The van der Waals surface area contributed by atoms with Crippen LogP contribution in [0.5, 0.6) is 0 Å². The molecule has 46 heavy (non-hydrogen) atoms. The van der Waals surface area contributed by atoms with Gasteiger partial charge in [-0.1, -0.05) is 84.9 Å². The van der Waals surface area contributed by atoms with E-state index in [2.05, 4.69) is 179 Å². The summed E-state index contributed by atoms with van der Waals surface area (Å²) in [5.41, 5.74) is 10.1. The lowest BCUT2D eigenvalue weighted by Crippen LogP contribution is -3.00. The number of rotatable bonds is 11. The second-order valence-corrected chi connectivity index (χ2v) is 11.4. The van der Waals surface area contributed by atoms with E-state index in [1.165, 1.54) is 45.0 Å². The van der Waals surface area contributed by atoms with E-state index in [9.17, 15) is 0 Å². The number of hydrogen-bond donors (Lipinski definition) is 0. The highest BCUT2D eigenvalue weighted by atomic mass is 79.9. The molecular weight excluding hydrogens is 696 g/mol. The predicted molar refractivity (Wildman–Crippen MR) is 181 cm³/mol. The first-order chi connectivity index (χ1) is 21.6. The summed E-state index contributed by atoms with van der Waals surface area (Å²) >= 11 is 0. The number of nitrogens with zero attached hydrogens (tertiary/aromatic N) is 4. The molecule has 0 spiro atoms. The maximum absolute atomic E-state index is 2.28. The zero-order chi connectivity index (χ0) is 30.1. The lowest BCUT2D eigenvalue weighted by Gasteiger charge is -2.18. The molecule has 0 saturated carbocycles. The van der Waals surface area contributed by atoms with Crippen molar-refractivity contribution in [3.8, 4) is 0 Å². The minimum absolute atomic E-state index is 0. The molecule has 4 aromatic carbocycles.